The van der Waals surface area contributed by atoms with Crippen LogP contribution >= 0.6 is 0 Å². The molecule has 0 aliphatic carbocycles. The Labute approximate surface area is 68.4 Å². The Morgan fingerprint density at radius 3 is 3.00 bits per heavy atom. The summed E-state index contributed by atoms with van der Waals surface area (Å²) in [7, 11) is 1.96. The van der Waals surface area contributed by atoms with Gasteiger partial charge < -0.3 is 10.6 Å². The first-order valence-electron chi connectivity index (χ1n) is 4.16. The summed E-state index contributed by atoms with van der Waals surface area (Å²) in [5.74, 6) is 1.19. The highest BCUT2D eigenvalue weighted by molar-refractivity contribution is 5.25. The van der Waals surface area contributed by atoms with Gasteiger partial charge in [0.25, 0.3) is 0 Å². The third-order valence-corrected chi connectivity index (χ3v) is 1.86. The van der Waals surface area contributed by atoms with Gasteiger partial charge in [-0.1, -0.05) is 12.2 Å². The van der Waals surface area contributed by atoms with Gasteiger partial charge in [-0.05, 0) is 25.3 Å². The molecular weight excluding hydrogens is 136 g/mol. The van der Waals surface area contributed by atoms with Crippen LogP contribution in [0.4, 0.5) is 0 Å². The van der Waals surface area contributed by atoms with Crippen molar-refractivity contribution in [3.63, 3.8) is 0 Å². The van der Waals surface area contributed by atoms with E-state index in [1.54, 1.807) is 0 Å². The summed E-state index contributed by atoms with van der Waals surface area (Å²) in [6.07, 6.45) is 6.68. The minimum Gasteiger partial charge on any atom is -0.375 e. The lowest BCUT2D eigenvalue weighted by Gasteiger charge is -2.19. The molecule has 0 aromatic heterocycles. The molecule has 1 heterocycles. The molecule has 2 nitrogen and oxygen atoms in total. The first-order valence-corrected chi connectivity index (χ1v) is 4.16. The van der Waals surface area contributed by atoms with E-state index in [1.165, 1.54) is 24.2 Å². The molecule has 2 N–H and O–H groups in total. The van der Waals surface area contributed by atoms with Crippen LogP contribution in [0.25, 0.3) is 0 Å². The summed E-state index contributed by atoms with van der Waals surface area (Å²) < 4.78 is 0. The van der Waals surface area contributed by atoms with E-state index in [4.69, 9.17) is 0 Å². The third-order valence-electron chi connectivity index (χ3n) is 1.86. The molecule has 0 fully saturated rings. The fourth-order valence-corrected chi connectivity index (χ4v) is 1.35. The van der Waals surface area contributed by atoms with Crippen LogP contribution in [0.15, 0.2) is 23.5 Å². The van der Waals surface area contributed by atoms with Crippen molar-refractivity contribution in [2.24, 2.45) is 0 Å². The minimum absolute atomic E-state index is 1.09. The summed E-state index contributed by atoms with van der Waals surface area (Å²) in [5.41, 5.74) is 1.39. The number of rotatable bonds is 2. The fraction of sp³-hybridized carbons (Fsp3) is 0.556. The van der Waals surface area contributed by atoms with E-state index in [2.05, 4.69) is 29.7 Å². The van der Waals surface area contributed by atoms with Crippen LogP contribution in [-0.4, -0.2) is 13.6 Å². The number of hydrogen-bond acceptors (Lipinski definition) is 2. The normalized spacial score (nSPS) is 18.7. The van der Waals surface area contributed by atoms with E-state index in [1.807, 2.05) is 7.05 Å². The first kappa shape index (κ1) is 8.18. The predicted octanol–water partition coefficient (Wildman–Crippen LogP) is 1.38. The quantitative estimate of drug-likeness (QED) is 0.624. The van der Waals surface area contributed by atoms with Gasteiger partial charge >= 0.3 is 0 Å². The molecule has 62 valence electrons. The summed E-state index contributed by atoms with van der Waals surface area (Å²) in [4.78, 5) is 0. The van der Waals surface area contributed by atoms with Crippen molar-refractivity contribution in [3.8, 4) is 0 Å². The smallest absolute Gasteiger partial charge is 0.102 e. The lowest BCUT2D eigenvalue weighted by atomic mass is 10.1. The molecule has 0 saturated carbocycles. The van der Waals surface area contributed by atoms with Crippen LogP contribution in [0.5, 0.6) is 0 Å². The van der Waals surface area contributed by atoms with Gasteiger partial charge in [0.15, 0.2) is 0 Å². The molecule has 0 radical (unpaired) electrons. The average Bonchev–Trinajstić information content (AvgIpc) is 2.06. The number of nitrogens with one attached hydrogen (secondary N) is 2. The Morgan fingerprint density at radius 1 is 1.55 bits per heavy atom. The Bertz CT molecular complexity index is 180. The van der Waals surface area contributed by atoms with Crippen LogP contribution in [0, 0.1) is 0 Å². The van der Waals surface area contributed by atoms with Crippen molar-refractivity contribution in [1.29, 1.82) is 0 Å². The molecule has 0 saturated heterocycles. The van der Waals surface area contributed by atoms with E-state index in [0.29, 0.717) is 0 Å². The van der Waals surface area contributed by atoms with Gasteiger partial charge in [0, 0.05) is 13.6 Å². The lowest BCUT2D eigenvalue weighted by molar-refractivity contribution is 0.630. The fourth-order valence-electron chi connectivity index (χ4n) is 1.35. The summed E-state index contributed by atoms with van der Waals surface area (Å²) >= 11 is 0. The van der Waals surface area contributed by atoms with E-state index in [0.717, 1.165) is 6.54 Å². The van der Waals surface area contributed by atoms with Crippen LogP contribution < -0.4 is 10.6 Å². The van der Waals surface area contributed by atoms with Gasteiger partial charge in [-0.25, -0.2) is 0 Å². The molecule has 0 aromatic carbocycles. The van der Waals surface area contributed by atoms with Crippen LogP contribution in [0.2, 0.25) is 0 Å². The van der Waals surface area contributed by atoms with Gasteiger partial charge in [-0.2, -0.15) is 0 Å². The van der Waals surface area contributed by atoms with Gasteiger partial charge in [0.2, 0.25) is 0 Å². The average molecular weight is 152 g/mol. The van der Waals surface area contributed by atoms with Crippen molar-refractivity contribution < 1.29 is 0 Å². The van der Waals surface area contributed by atoms with Crippen molar-refractivity contribution >= 4 is 0 Å². The van der Waals surface area contributed by atoms with E-state index in [-0.39, 0.29) is 0 Å². The molecule has 0 bridgehead atoms. The Balaban J connectivity index is 2.72. The highest BCUT2D eigenvalue weighted by atomic mass is 15.1. The summed E-state index contributed by atoms with van der Waals surface area (Å²) in [6.45, 7) is 3.14. The lowest BCUT2D eigenvalue weighted by Crippen LogP contribution is -2.29. The SMILES string of the molecule is C/C=C\C1=C(NC)NCCC1. The maximum absolute atomic E-state index is 3.32. The van der Waals surface area contributed by atoms with Crippen molar-refractivity contribution in [2.75, 3.05) is 13.6 Å². The summed E-state index contributed by atoms with van der Waals surface area (Å²) in [5, 5.41) is 6.48. The third kappa shape index (κ3) is 2.00. The highest BCUT2D eigenvalue weighted by Gasteiger charge is 2.06. The number of hydrogen-bond donors (Lipinski definition) is 2. The summed E-state index contributed by atoms with van der Waals surface area (Å²) in [6, 6.07) is 0. The maximum Gasteiger partial charge on any atom is 0.102 e. The van der Waals surface area contributed by atoms with Gasteiger partial charge in [0.1, 0.15) is 5.82 Å². The van der Waals surface area contributed by atoms with Crippen LogP contribution in [0.3, 0.4) is 0 Å². The monoisotopic (exact) mass is 152 g/mol. The van der Waals surface area contributed by atoms with Crippen molar-refractivity contribution in [1.82, 2.24) is 10.6 Å². The molecule has 0 atom stereocenters. The van der Waals surface area contributed by atoms with Crippen LogP contribution in [-0.2, 0) is 0 Å². The largest absolute Gasteiger partial charge is 0.375 e. The Morgan fingerprint density at radius 2 is 2.36 bits per heavy atom. The van der Waals surface area contributed by atoms with Crippen molar-refractivity contribution in [2.45, 2.75) is 19.8 Å². The zero-order chi connectivity index (χ0) is 8.10. The number of allylic oxidation sites excluding steroid dienone is 3. The zero-order valence-electron chi connectivity index (χ0n) is 7.28. The highest BCUT2D eigenvalue weighted by Crippen LogP contribution is 2.13. The topological polar surface area (TPSA) is 24.1 Å². The van der Waals surface area contributed by atoms with Gasteiger partial charge in [-0.3, -0.25) is 0 Å². The molecular formula is C9H16N2. The molecule has 2 heteroatoms. The second-order valence-corrected chi connectivity index (χ2v) is 2.68. The Kier molecular flexibility index (Phi) is 3.02. The van der Waals surface area contributed by atoms with E-state index in [9.17, 15) is 0 Å². The molecule has 0 unspecified atom stereocenters. The molecule has 1 rings (SSSR count). The molecule has 0 amide bonds. The first-order chi connectivity index (χ1) is 5.38. The van der Waals surface area contributed by atoms with E-state index < -0.39 is 0 Å². The molecule has 0 spiro atoms. The predicted molar refractivity (Wildman–Crippen MR) is 48.1 cm³/mol. The van der Waals surface area contributed by atoms with Gasteiger partial charge in [0.05, 0.1) is 0 Å². The van der Waals surface area contributed by atoms with E-state index >= 15 is 0 Å². The second-order valence-electron chi connectivity index (χ2n) is 2.68. The molecule has 1 aliphatic heterocycles. The second kappa shape index (κ2) is 4.06. The molecule has 11 heavy (non-hydrogen) atoms. The maximum atomic E-state index is 3.32. The Hall–Kier alpha value is -0.920. The van der Waals surface area contributed by atoms with Crippen molar-refractivity contribution in [3.05, 3.63) is 23.5 Å². The molecule has 0 aromatic rings. The standard InChI is InChI=1S/C9H16N2/c1-3-5-8-6-4-7-11-9(8)10-2/h3,5,10-11H,4,6-7H2,1-2H3/b5-3-. The minimum atomic E-state index is 1.09. The van der Waals surface area contributed by atoms with Crippen LogP contribution in [0.1, 0.15) is 19.8 Å². The zero-order valence-corrected chi connectivity index (χ0v) is 7.28. The van der Waals surface area contributed by atoms with Gasteiger partial charge in [-0.15, -0.1) is 0 Å². The molecule has 1 aliphatic rings.